The number of rotatable bonds is 26. The predicted molar refractivity (Wildman–Crippen MR) is 262 cm³/mol. The average Bonchev–Trinajstić information content (AvgIpc) is 3.96. The van der Waals surface area contributed by atoms with Crippen LogP contribution in [0.15, 0.2) is 65.5 Å². The lowest BCUT2D eigenvalue weighted by molar-refractivity contribution is -0.172. The molecule has 5 heterocycles. The Kier molecular flexibility index (Phi) is 18.3. The van der Waals surface area contributed by atoms with Gasteiger partial charge in [-0.1, -0.05) is 43.7 Å². The van der Waals surface area contributed by atoms with Crippen LogP contribution in [0, 0.1) is 12.7 Å². The second-order valence-electron chi connectivity index (χ2n) is 17.9. The highest BCUT2D eigenvalue weighted by molar-refractivity contribution is 6.12. The summed E-state index contributed by atoms with van der Waals surface area (Å²) in [6, 6.07) is 12.1. The van der Waals surface area contributed by atoms with Gasteiger partial charge in [-0.3, -0.25) is 48.6 Å². The molecular formula is C51H58FN9O14. The van der Waals surface area contributed by atoms with Crippen molar-refractivity contribution in [3.8, 4) is 11.4 Å². The highest BCUT2D eigenvalue weighted by Crippen LogP contribution is 2.40. The Labute approximate surface area is 428 Å². The molecule has 3 aliphatic heterocycles. The third kappa shape index (κ3) is 13.5. The van der Waals surface area contributed by atoms with Crippen LogP contribution in [0.25, 0.3) is 22.3 Å². The summed E-state index contributed by atoms with van der Waals surface area (Å²) in [7, 11) is 0. The summed E-state index contributed by atoms with van der Waals surface area (Å²) in [4.78, 5) is 119. The van der Waals surface area contributed by atoms with E-state index in [2.05, 4.69) is 31.9 Å². The maximum absolute atomic E-state index is 14.9. The van der Waals surface area contributed by atoms with Crippen LogP contribution in [-0.4, -0.2) is 131 Å². The maximum Gasteiger partial charge on any atom is 0.343 e. The van der Waals surface area contributed by atoms with Crippen molar-refractivity contribution < 1.29 is 67.2 Å². The first-order valence-electron chi connectivity index (χ1n) is 24.3. The number of imide groups is 1. The van der Waals surface area contributed by atoms with Gasteiger partial charge in [-0.25, -0.2) is 14.2 Å². The Balaban J connectivity index is 0.820. The van der Waals surface area contributed by atoms with Crippen molar-refractivity contribution >= 4 is 58.2 Å². The van der Waals surface area contributed by atoms with Gasteiger partial charge in [0.15, 0.2) is 5.60 Å². The second-order valence-corrected chi connectivity index (χ2v) is 17.9. The van der Waals surface area contributed by atoms with Crippen molar-refractivity contribution in [1.29, 1.82) is 0 Å². The largest absolute Gasteiger partial charge is 0.458 e. The van der Waals surface area contributed by atoms with Crippen molar-refractivity contribution in [2.45, 2.75) is 90.1 Å². The molecule has 0 spiro atoms. The molecule has 4 aromatic rings. The molecule has 0 fully saturated rings. The molecule has 75 heavy (non-hydrogen) atoms. The van der Waals surface area contributed by atoms with E-state index >= 15 is 0 Å². The molecule has 7 amide bonds. The van der Waals surface area contributed by atoms with E-state index in [1.165, 1.54) is 22.8 Å². The number of ether oxygens (including phenoxy) is 3. The van der Waals surface area contributed by atoms with Crippen LogP contribution in [-0.2, 0) is 84.3 Å². The van der Waals surface area contributed by atoms with Crippen LogP contribution in [0.2, 0.25) is 0 Å². The molecule has 398 valence electrons. The number of nitrogens with one attached hydrogen (secondary N) is 6. The number of fused-ring (bicyclic) bond motifs is 5. The van der Waals surface area contributed by atoms with Crippen molar-refractivity contribution in [3.63, 3.8) is 0 Å². The normalized spacial score (nSPS) is 16.2. The third-order valence-corrected chi connectivity index (χ3v) is 12.9. The summed E-state index contributed by atoms with van der Waals surface area (Å²) in [5.74, 6) is -5.18. The summed E-state index contributed by atoms with van der Waals surface area (Å²) < 4.78 is 32.4. The average molecular weight is 1040 g/mol. The van der Waals surface area contributed by atoms with E-state index in [-0.39, 0.29) is 93.9 Å². The number of carbonyl (C=O) groups excluding carboxylic acids is 8. The molecule has 0 radical (unpaired) electrons. The molecule has 2 aromatic heterocycles. The Hall–Kier alpha value is -7.77. The number of cyclic esters (lactones) is 1. The van der Waals surface area contributed by atoms with Gasteiger partial charge in [0, 0.05) is 60.7 Å². The number of amides is 7. The number of halogens is 1. The van der Waals surface area contributed by atoms with Crippen LogP contribution >= 0.6 is 0 Å². The molecular weight excluding hydrogens is 982 g/mol. The Morgan fingerprint density at radius 2 is 1.57 bits per heavy atom. The van der Waals surface area contributed by atoms with Crippen molar-refractivity contribution in [1.82, 2.24) is 46.4 Å². The number of hydrogen-bond donors (Lipinski definition) is 8. The number of nitrogens with zero attached hydrogens (tertiary/aromatic N) is 3. The lowest BCUT2D eigenvalue weighted by atomic mass is 9.86. The van der Waals surface area contributed by atoms with Crippen LogP contribution in [0.3, 0.4) is 0 Å². The quantitative estimate of drug-likeness (QED) is 0.0151. The molecule has 1 unspecified atom stereocenters. The van der Waals surface area contributed by atoms with E-state index in [9.17, 15) is 57.8 Å². The van der Waals surface area contributed by atoms with Crippen molar-refractivity contribution in [3.05, 3.63) is 110 Å². The molecule has 2 aromatic carbocycles. The Bertz CT molecular complexity index is 2950. The summed E-state index contributed by atoms with van der Waals surface area (Å²) in [6.45, 7) is 1.26. The minimum absolute atomic E-state index is 0.0218. The summed E-state index contributed by atoms with van der Waals surface area (Å²) in [6.07, 6.45) is 2.56. The van der Waals surface area contributed by atoms with E-state index in [1.807, 2.05) is 0 Å². The first-order valence-corrected chi connectivity index (χ1v) is 24.3. The van der Waals surface area contributed by atoms with Crippen molar-refractivity contribution in [2.24, 2.45) is 0 Å². The number of aromatic nitrogens is 2. The van der Waals surface area contributed by atoms with Gasteiger partial charge in [-0.05, 0) is 55.0 Å². The second kappa shape index (κ2) is 25.0. The Morgan fingerprint density at radius 1 is 0.867 bits per heavy atom. The lowest BCUT2D eigenvalue weighted by Crippen LogP contribution is -2.52. The van der Waals surface area contributed by atoms with Crippen LogP contribution in [0.4, 0.5) is 4.39 Å². The highest BCUT2D eigenvalue weighted by Gasteiger charge is 2.45. The monoisotopic (exact) mass is 1040 g/mol. The predicted octanol–water partition coefficient (Wildman–Crippen LogP) is -0.439. The minimum atomic E-state index is -2.04. The fraction of sp³-hybridized carbons (Fsp3) is 0.412. The van der Waals surface area contributed by atoms with Gasteiger partial charge < -0.3 is 55.6 Å². The molecule has 0 aliphatic carbocycles. The molecule has 0 saturated carbocycles. The van der Waals surface area contributed by atoms with Gasteiger partial charge in [-0.2, -0.15) is 0 Å². The van der Waals surface area contributed by atoms with Gasteiger partial charge >= 0.3 is 5.97 Å². The first kappa shape index (κ1) is 55.0. The van der Waals surface area contributed by atoms with E-state index in [1.54, 1.807) is 56.3 Å². The third-order valence-electron chi connectivity index (χ3n) is 12.9. The molecule has 0 saturated heterocycles. The number of esters is 1. The number of aryl methyl sites for hydroxylation is 1. The number of aliphatic hydroxyl groups is 2. The van der Waals surface area contributed by atoms with E-state index < -0.39 is 84.6 Å². The van der Waals surface area contributed by atoms with Gasteiger partial charge in [0.05, 0.1) is 61.9 Å². The molecule has 0 bridgehead atoms. The zero-order chi connectivity index (χ0) is 53.8. The minimum Gasteiger partial charge on any atom is -0.458 e. The van der Waals surface area contributed by atoms with Gasteiger partial charge in [0.2, 0.25) is 35.9 Å². The highest BCUT2D eigenvalue weighted by atomic mass is 19.1. The fourth-order valence-electron chi connectivity index (χ4n) is 8.71. The fourth-order valence-corrected chi connectivity index (χ4v) is 8.71. The van der Waals surface area contributed by atoms with Gasteiger partial charge in [-0.15, -0.1) is 0 Å². The molecule has 3 atom stereocenters. The van der Waals surface area contributed by atoms with Crippen LogP contribution < -0.4 is 37.5 Å². The maximum atomic E-state index is 14.9. The molecule has 24 heteroatoms. The first-order chi connectivity index (χ1) is 36.0. The zero-order valence-corrected chi connectivity index (χ0v) is 41.3. The van der Waals surface area contributed by atoms with Crippen LogP contribution in [0.1, 0.15) is 72.4 Å². The number of aliphatic hydroxyl groups excluding tert-OH is 1. The number of unbranched alkanes of at least 4 members (excludes halogenated alkanes) is 2. The van der Waals surface area contributed by atoms with Gasteiger partial charge in [0.25, 0.3) is 17.4 Å². The number of benzene rings is 2. The van der Waals surface area contributed by atoms with Crippen molar-refractivity contribution in [2.75, 3.05) is 46.1 Å². The lowest BCUT2D eigenvalue weighted by Gasteiger charge is -2.31. The van der Waals surface area contributed by atoms with E-state index in [0.29, 0.717) is 58.3 Å². The molecule has 3 aliphatic rings. The molecule has 7 rings (SSSR count). The number of carbonyl (C=O) groups is 8. The number of pyridine rings is 2. The molecule has 23 nitrogen and oxygen atoms in total. The van der Waals surface area contributed by atoms with Crippen LogP contribution in [0.5, 0.6) is 0 Å². The Morgan fingerprint density at radius 3 is 2.32 bits per heavy atom. The SMILES string of the molecule is CC[C@@]1(O)C(=O)OCc2c1cc1n(c2=O)Cc2c-1nc1cc(F)c(C)cc1c2CNC(O)OCCOCNC(=O)CNC(=O)[C@H](Cc1ccccc1)NC(=O)CNC(=O)CNC(=O)CCCCCN1C(=O)C=CC1=O. The standard InChI is InChI=1S/C51H58FN9O14/c1-3-51(72)35-20-39-46-33(26-61(39)48(69)34(35)27-75-49(51)70)32(31-18-29(2)36(52)21-37(31)59-46)22-56-50(71)74-17-16-73-28-57-42(64)24-55-47(68)38(19-30-10-6-4-7-11-30)58-43(65)25-54-41(63)23-53-40(62)12-8-5-9-15-60-44(66)13-14-45(60)67/h4,6-7,10-11,13-14,18,20-21,38,50,56,71-72H,3,5,8-9,12,15-17,19,22-28H2,1-2H3,(H,53,62)(H,54,63)(H,55,68)(H,57,64)(H,58,65)/t38-,50?,51-/m0/s1. The number of hydrogen-bond acceptors (Lipinski definition) is 16. The molecule has 8 N–H and O–H groups in total. The summed E-state index contributed by atoms with van der Waals surface area (Å²) in [5, 5.41) is 37.8. The smallest absolute Gasteiger partial charge is 0.343 e. The van der Waals surface area contributed by atoms with E-state index in [0.717, 1.165) is 4.90 Å². The van der Waals surface area contributed by atoms with Gasteiger partial charge in [0.1, 0.15) is 25.2 Å². The summed E-state index contributed by atoms with van der Waals surface area (Å²) in [5.41, 5.74) is 0.949. The van der Waals surface area contributed by atoms with E-state index in [4.69, 9.17) is 19.2 Å². The summed E-state index contributed by atoms with van der Waals surface area (Å²) >= 11 is 0. The topological polar surface area (TPSA) is 315 Å². The zero-order valence-electron chi connectivity index (χ0n) is 41.3.